The van der Waals surface area contributed by atoms with Crippen LogP contribution in [0.5, 0.6) is 0 Å². The van der Waals surface area contributed by atoms with E-state index in [2.05, 4.69) is 24.0 Å². The van der Waals surface area contributed by atoms with E-state index in [1.165, 1.54) is 35.6 Å². The summed E-state index contributed by atoms with van der Waals surface area (Å²) < 4.78 is 5.83. The third-order valence-corrected chi connectivity index (χ3v) is 6.39. The van der Waals surface area contributed by atoms with Crippen molar-refractivity contribution in [1.29, 1.82) is 0 Å². The van der Waals surface area contributed by atoms with E-state index in [1.54, 1.807) is 19.0 Å². The maximum atomic E-state index is 11.7. The van der Waals surface area contributed by atoms with Crippen LogP contribution in [0.4, 0.5) is 0 Å². The number of likely N-dealkylation sites (tertiary alicyclic amines) is 1. The van der Waals surface area contributed by atoms with Gasteiger partial charge in [-0.2, -0.15) is 0 Å². The SMILES string of the molecule is Cc1ccc(CN2C[C@H]3CCC[C@]3(COCC(=O)N(C)C)C2)s1. The van der Waals surface area contributed by atoms with Crippen LogP contribution in [0.2, 0.25) is 0 Å². The van der Waals surface area contributed by atoms with E-state index < -0.39 is 0 Å². The van der Waals surface area contributed by atoms with Gasteiger partial charge in [-0.05, 0) is 37.8 Å². The number of carbonyl (C=O) groups excluding carboxylic acids is 1. The van der Waals surface area contributed by atoms with E-state index in [0.717, 1.165) is 25.6 Å². The summed E-state index contributed by atoms with van der Waals surface area (Å²) in [6, 6.07) is 4.47. The van der Waals surface area contributed by atoms with Crippen LogP contribution in [0.15, 0.2) is 12.1 Å². The van der Waals surface area contributed by atoms with Crippen molar-refractivity contribution in [3.05, 3.63) is 21.9 Å². The molecule has 3 rings (SSSR count). The smallest absolute Gasteiger partial charge is 0.248 e. The van der Waals surface area contributed by atoms with Crippen LogP contribution in [0.1, 0.15) is 29.0 Å². The highest BCUT2D eigenvalue weighted by Crippen LogP contribution is 2.49. The molecule has 0 aromatic carbocycles. The third kappa shape index (κ3) is 3.78. The molecule has 1 aromatic rings. The lowest BCUT2D eigenvalue weighted by Gasteiger charge is -2.29. The Hall–Kier alpha value is -0.910. The van der Waals surface area contributed by atoms with E-state index in [1.807, 2.05) is 11.3 Å². The summed E-state index contributed by atoms with van der Waals surface area (Å²) in [5.41, 5.74) is 0.277. The molecule has 1 saturated carbocycles. The molecular weight excluding hydrogens is 308 g/mol. The van der Waals surface area contributed by atoms with Gasteiger partial charge in [0.1, 0.15) is 6.61 Å². The average molecular weight is 337 g/mol. The van der Waals surface area contributed by atoms with Crippen molar-refractivity contribution in [2.24, 2.45) is 11.3 Å². The van der Waals surface area contributed by atoms with E-state index in [9.17, 15) is 4.79 Å². The number of fused-ring (bicyclic) bond motifs is 1. The number of rotatable bonds is 6. The second kappa shape index (κ2) is 6.91. The van der Waals surface area contributed by atoms with E-state index in [4.69, 9.17) is 4.74 Å². The molecule has 2 fully saturated rings. The topological polar surface area (TPSA) is 32.8 Å². The Balaban J connectivity index is 1.56. The molecule has 0 spiro atoms. The van der Waals surface area contributed by atoms with Gasteiger partial charge in [-0.15, -0.1) is 11.3 Å². The van der Waals surface area contributed by atoms with E-state index >= 15 is 0 Å². The summed E-state index contributed by atoms with van der Waals surface area (Å²) in [7, 11) is 3.56. The largest absolute Gasteiger partial charge is 0.371 e. The normalized spacial score (nSPS) is 27.3. The van der Waals surface area contributed by atoms with Gasteiger partial charge in [0, 0.05) is 48.9 Å². The fraction of sp³-hybridized carbons (Fsp3) is 0.722. The summed E-state index contributed by atoms with van der Waals surface area (Å²) >= 11 is 1.90. The molecule has 1 amide bonds. The number of likely N-dealkylation sites (N-methyl/N-ethyl adjacent to an activating group) is 1. The van der Waals surface area contributed by atoms with Gasteiger partial charge in [0.2, 0.25) is 5.91 Å². The highest BCUT2D eigenvalue weighted by Gasteiger charge is 2.49. The molecule has 0 radical (unpaired) electrons. The van der Waals surface area contributed by atoms with Gasteiger partial charge in [0.15, 0.2) is 0 Å². The summed E-state index contributed by atoms with van der Waals surface area (Å²) in [5.74, 6) is 0.790. The molecule has 2 aliphatic rings. The van der Waals surface area contributed by atoms with Gasteiger partial charge in [-0.25, -0.2) is 0 Å². The maximum Gasteiger partial charge on any atom is 0.248 e. The number of carbonyl (C=O) groups is 1. The van der Waals surface area contributed by atoms with E-state index in [0.29, 0.717) is 0 Å². The van der Waals surface area contributed by atoms with Gasteiger partial charge in [-0.3, -0.25) is 9.69 Å². The number of nitrogens with zero attached hydrogens (tertiary/aromatic N) is 2. The van der Waals surface area contributed by atoms with Crippen LogP contribution in [0, 0.1) is 18.3 Å². The Bertz CT molecular complexity index is 557. The Morgan fingerprint density at radius 1 is 1.48 bits per heavy atom. The molecule has 5 heteroatoms. The Labute approximate surface area is 143 Å². The molecule has 1 aliphatic carbocycles. The zero-order valence-corrected chi connectivity index (χ0v) is 15.3. The predicted octanol–water partition coefficient (Wildman–Crippen LogP) is 2.76. The van der Waals surface area contributed by atoms with Gasteiger partial charge in [0.25, 0.3) is 0 Å². The van der Waals surface area contributed by atoms with Crippen LogP contribution in [0.25, 0.3) is 0 Å². The second-order valence-electron chi connectivity index (χ2n) is 7.41. The molecule has 1 aliphatic heterocycles. The lowest BCUT2D eigenvalue weighted by Crippen LogP contribution is -2.34. The second-order valence-corrected chi connectivity index (χ2v) is 8.79. The number of aryl methyl sites for hydroxylation is 1. The van der Waals surface area contributed by atoms with Crippen molar-refractivity contribution in [3.63, 3.8) is 0 Å². The van der Waals surface area contributed by atoms with Crippen molar-refractivity contribution in [2.45, 2.75) is 32.7 Å². The zero-order valence-electron chi connectivity index (χ0n) is 14.5. The summed E-state index contributed by atoms with van der Waals surface area (Å²) in [4.78, 5) is 18.7. The molecule has 1 aromatic heterocycles. The zero-order chi connectivity index (χ0) is 16.4. The summed E-state index contributed by atoms with van der Waals surface area (Å²) in [6.45, 7) is 6.48. The number of amides is 1. The first kappa shape index (κ1) is 16.9. The number of hydrogen-bond acceptors (Lipinski definition) is 4. The van der Waals surface area contributed by atoms with Crippen molar-refractivity contribution < 1.29 is 9.53 Å². The first-order valence-electron chi connectivity index (χ1n) is 8.54. The Morgan fingerprint density at radius 3 is 3.00 bits per heavy atom. The van der Waals surface area contributed by atoms with Gasteiger partial charge >= 0.3 is 0 Å². The van der Waals surface area contributed by atoms with Crippen LogP contribution in [-0.2, 0) is 16.1 Å². The molecule has 2 atom stereocenters. The lowest BCUT2D eigenvalue weighted by molar-refractivity contribution is -0.135. The van der Waals surface area contributed by atoms with Crippen LogP contribution in [0.3, 0.4) is 0 Å². The predicted molar refractivity (Wildman–Crippen MR) is 93.6 cm³/mol. The molecule has 0 bridgehead atoms. The van der Waals surface area contributed by atoms with Crippen LogP contribution in [-0.4, -0.2) is 56.1 Å². The quantitative estimate of drug-likeness (QED) is 0.801. The fourth-order valence-electron chi connectivity index (χ4n) is 4.14. The van der Waals surface area contributed by atoms with Crippen LogP contribution >= 0.6 is 11.3 Å². The maximum absolute atomic E-state index is 11.7. The lowest BCUT2D eigenvalue weighted by atomic mass is 9.82. The molecule has 0 N–H and O–H groups in total. The van der Waals surface area contributed by atoms with E-state index in [-0.39, 0.29) is 17.9 Å². The Morgan fingerprint density at radius 2 is 2.30 bits per heavy atom. The van der Waals surface area contributed by atoms with Gasteiger partial charge < -0.3 is 9.64 Å². The monoisotopic (exact) mass is 336 g/mol. The number of thiophene rings is 1. The molecule has 4 nitrogen and oxygen atoms in total. The van der Waals surface area contributed by atoms with Crippen molar-refractivity contribution >= 4 is 17.2 Å². The molecule has 128 valence electrons. The first-order chi connectivity index (χ1) is 11.0. The molecule has 23 heavy (non-hydrogen) atoms. The highest BCUT2D eigenvalue weighted by atomic mass is 32.1. The van der Waals surface area contributed by atoms with Crippen molar-refractivity contribution in [1.82, 2.24) is 9.80 Å². The minimum Gasteiger partial charge on any atom is -0.371 e. The Kier molecular flexibility index (Phi) is 5.09. The standard InChI is InChI=1S/C18H28N2O2S/c1-14-6-7-16(23-14)10-20-9-15-5-4-8-18(15,12-20)13-22-11-17(21)19(2)3/h6-7,15H,4-5,8-13H2,1-3H3/t15-,18-/m1/s1. The first-order valence-corrected chi connectivity index (χ1v) is 9.36. The molecular formula is C18H28N2O2S. The average Bonchev–Trinajstić information content (AvgIpc) is 3.13. The molecule has 2 heterocycles. The van der Waals surface area contributed by atoms with Gasteiger partial charge in [-0.1, -0.05) is 6.42 Å². The fourth-order valence-corrected chi connectivity index (χ4v) is 5.08. The third-order valence-electron chi connectivity index (χ3n) is 5.40. The highest BCUT2D eigenvalue weighted by molar-refractivity contribution is 7.11. The van der Waals surface area contributed by atoms with Gasteiger partial charge in [0.05, 0.1) is 6.61 Å². The minimum absolute atomic E-state index is 0.0554. The molecule has 1 saturated heterocycles. The number of hydrogen-bond donors (Lipinski definition) is 0. The van der Waals surface area contributed by atoms with Crippen molar-refractivity contribution in [3.8, 4) is 0 Å². The summed E-state index contributed by atoms with van der Waals surface area (Å²) in [5, 5.41) is 0. The van der Waals surface area contributed by atoms with Crippen LogP contribution < -0.4 is 0 Å². The number of ether oxygens (including phenoxy) is 1. The minimum atomic E-state index is 0.0554. The molecule has 0 unspecified atom stereocenters. The van der Waals surface area contributed by atoms with Crippen molar-refractivity contribution in [2.75, 3.05) is 40.4 Å². The summed E-state index contributed by atoms with van der Waals surface area (Å²) in [6.07, 6.45) is 3.86.